The number of benzene rings is 2. The molecule has 31 heavy (non-hydrogen) atoms. The molecule has 0 aliphatic heterocycles. The molecule has 0 fully saturated rings. The van der Waals surface area contributed by atoms with Crippen molar-refractivity contribution in [3.8, 4) is 17.2 Å². The Labute approximate surface area is 176 Å². The van der Waals surface area contributed by atoms with Crippen LogP contribution in [0.1, 0.15) is 11.1 Å². The fourth-order valence-corrected chi connectivity index (χ4v) is 2.48. The minimum absolute atomic E-state index is 0.0763. The number of aliphatic imine (C=N–C) groups is 1. The number of hydrogen-bond donors (Lipinski definition) is 2. The van der Waals surface area contributed by atoms with Gasteiger partial charge in [-0.05, 0) is 35.4 Å². The third-order valence-electron chi connectivity index (χ3n) is 3.91. The van der Waals surface area contributed by atoms with Crippen LogP contribution in [0.3, 0.4) is 0 Å². The molecular formula is C20H22F5N3O3. The molecule has 0 unspecified atom stereocenters. The first kappa shape index (κ1) is 24.0. The highest BCUT2D eigenvalue weighted by Crippen LogP contribution is 2.29. The van der Waals surface area contributed by atoms with Gasteiger partial charge in [0.15, 0.2) is 24.1 Å². The first-order chi connectivity index (χ1) is 14.7. The van der Waals surface area contributed by atoms with Crippen molar-refractivity contribution >= 4 is 5.96 Å². The Morgan fingerprint density at radius 1 is 0.968 bits per heavy atom. The van der Waals surface area contributed by atoms with Gasteiger partial charge in [0.1, 0.15) is 5.75 Å². The standard InChI is InChI=1S/C20H22F5N3O3/c1-26-19(27-10-13-3-6-15(7-4-13)30-12-20(23,24)25)28-11-14-5-8-16(29-2)17(9-14)31-18(21)22/h3-9,18H,10-12H2,1-2H3,(H2,26,27,28). The van der Waals surface area contributed by atoms with Crippen LogP contribution in [0.25, 0.3) is 0 Å². The van der Waals surface area contributed by atoms with Crippen molar-refractivity contribution in [3.63, 3.8) is 0 Å². The second-order valence-electron chi connectivity index (χ2n) is 6.19. The van der Waals surface area contributed by atoms with E-state index in [9.17, 15) is 22.0 Å². The molecule has 0 aromatic heterocycles. The van der Waals surface area contributed by atoms with Crippen LogP contribution in [0.2, 0.25) is 0 Å². The maximum absolute atomic E-state index is 12.5. The van der Waals surface area contributed by atoms with Gasteiger partial charge < -0.3 is 24.8 Å². The van der Waals surface area contributed by atoms with Crippen molar-refractivity contribution in [3.05, 3.63) is 53.6 Å². The quantitative estimate of drug-likeness (QED) is 0.344. The topological polar surface area (TPSA) is 64.1 Å². The second-order valence-corrected chi connectivity index (χ2v) is 6.19. The van der Waals surface area contributed by atoms with Gasteiger partial charge in [-0.2, -0.15) is 22.0 Å². The van der Waals surface area contributed by atoms with E-state index in [1.54, 1.807) is 25.2 Å². The maximum atomic E-state index is 12.5. The van der Waals surface area contributed by atoms with E-state index in [2.05, 4.69) is 25.1 Å². The summed E-state index contributed by atoms with van der Waals surface area (Å²) in [6.45, 7) is -3.71. The van der Waals surface area contributed by atoms with Gasteiger partial charge >= 0.3 is 12.8 Å². The molecule has 2 rings (SSSR count). The Kier molecular flexibility index (Phi) is 8.71. The number of ether oxygens (including phenoxy) is 3. The van der Waals surface area contributed by atoms with E-state index in [-0.39, 0.29) is 23.8 Å². The lowest BCUT2D eigenvalue weighted by Gasteiger charge is -2.14. The molecule has 170 valence electrons. The molecule has 0 amide bonds. The summed E-state index contributed by atoms with van der Waals surface area (Å²) < 4.78 is 75.7. The minimum Gasteiger partial charge on any atom is -0.493 e. The Morgan fingerprint density at radius 3 is 2.13 bits per heavy atom. The summed E-state index contributed by atoms with van der Waals surface area (Å²) in [7, 11) is 2.91. The van der Waals surface area contributed by atoms with Crippen molar-refractivity contribution in [2.75, 3.05) is 20.8 Å². The summed E-state index contributed by atoms with van der Waals surface area (Å²) in [6, 6.07) is 10.8. The molecule has 11 heteroatoms. The Balaban J connectivity index is 1.87. The zero-order chi connectivity index (χ0) is 22.9. The molecule has 2 aromatic carbocycles. The number of nitrogens with one attached hydrogen (secondary N) is 2. The van der Waals surface area contributed by atoms with Gasteiger partial charge in [-0.1, -0.05) is 18.2 Å². The lowest BCUT2D eigenvalue weighted by atomic mass is 10.2. The first-order valence-corrected chi connectivity index (χ1v) is 9.05. The molecule has 0 radical (unpaired) electrons. The van der Waals surface area contributed by atoms with Gasteiger partial charge in [-0.25, -0.2) is 0 Å². The normalized spacial score (nSPS) is 11.9. The van der Waals surface area contributed by atoms with Crippen molar-refractivity contribution in [1.29, 1.82) is 0 Å². The molecule has 2 aromatic rings. The molecule has 6 nitrogen and oxygen atoms in total. The van der Waals surface area contributed by atoms with Crippen molar-refractivity contribution < 1.29 is 36.2 Å². The molecule has 0 aliphatic carbocycles. The molecule has 0 saturated heterocycles. The van der Waals surface area contributed by atoms with E-state index in [0.29, 0.717) is 18.1 Å². The summed E-state index contributed by atoms with van der Waals surface area (Å²) in [5.74, 6) is 0.663. The average Bonchev–Trinajstić information content (AvgIpc) is 2.72. The Morgan fingerprint density at radius 2 is 1.58 bits per heavy atom. The number of methoxy groups -OCH3 is 1. The average molecular weight is 447 g/mol. The number of guanidine groups is 1. The van der Waals surface area contributed by atoms with E-state index < -0.39 is 19.4 Å². The highest BCUT2D eigenvalue weighted by Gasteiger charge is 2.28. The molecular weight excluding hydrogens is 425 g/mol. The van der Waals surface area contributed by atoms with E-state index in [4.69, 9.17) is 4.74 Å². The summed E-state index contributed by atoms with van der Waals surface area (Å²) in [6.07, 6.45) is -4.39. The summed E-state index contributed by atoms with van der Waals surface area (Å²) in [5.41, 5.74) is 1.45. The third kappa shape index (κ3) is 8.57. The third-order valence-corrected chi connectivity index (χ3v) is 3.91. The van der Waals surface area contributed by atoms with E-state index in [1.807, 2.05) is 0 Å². The van der Waals surface area contributed by atoms with Crippen LogP contribution in [0.4, 0.5) is 22.0 Å². The smallest absolute Gasteiger partial charge is 0.422 e. The minimum atomic E-state index is -4.39. The number of alkyl halides is 5. The second kappa shape index (κ2) is 11.2. The van der Waals surface area contributed by atoms with Gasteiger partial charge in [0.2, 0.25) is 0 Å². The fraction of sp³-hybridized carbons (Fsp3) is 0.350. The van der Waals surface area contributed by atoms with Crippen LogP contribution >= 0.6 is 0 Å². The van der Waals surface area contributed by atoms with Crippen molar-refractivity contribution in [1.82, 2.24) is 10.6 Å². The lowest BCUT2D eigenvalue weighted by Crippen LogP contribution is -2.36. The fourth-order valence-electron chi connectivity index (χ4n) is 2.48. The molecule has 0 spiro atoms. The van der Waals surface area contributed by atoms with E-state index in [1.165, 1.54) is 31.4 Å². The number of nitrogens with zero attached hydrogens (tertiary/aromatic N) is 1. The zero-order valence-corrected chi connectivity index (χ0v) is 16.8. The predicted molar refractivity (Wildman–Crippen MR) is 105 cm³/mol. The predicted octanol–water partition coefficient (Wildman–Crippen LogP) is 4.10. The summed E-state index contributed by atoms with van der Waals surface area (Å²) in [4.78, 5) is 4.07. The van der Waals surface area contributed by atoms with Gasteiger partial charge in [-0.15, -0.1) is 0 Å². The highest BCUT2D eigenvalue weighted by atomic mass is 19.4. The molecule has 0 bridgehead atoms. The Bertz CT molecular complexity index is 858. The van der Waals surface area contributed by atoms with E-state index in [0.717, 1.165) is 5.56 Å². The molecule has 0 heterocycles. The zero-order valence-electron chi connectivity index (χ0n) is 16.8. The number of hydrogen-bond acceptors (Lipinski definition) is 4. The van der Waals surface area contributed by atoms with Gasteiger partial charge in [0.05, 0.1) is 7.11 Å². The van der Waals surface area contributed by atoms with Crippen LogP contribution < -0.4 is 24.8 Å². The van der Waals surface area contributed by atoms with Crippen LogP contribution in [0.5, 0.6) is 17.2 Å². The molecule has 0 atom stereocenters. The summed E-state index contributed by atoms with van der Waals surface area (Å²) in [5, 5.41) is 6.07. The first-order valence-electron chi connectivity index (χ1n) is 9.05. The number of rotatable bonds is 9. The van der Waals surface area contributed by atoms with Gasteiger partial charge in [0.25, 0.3) is 0 Å². The van der Waals surface area contributed by atoms with Crippen LogP contribution in [0.15, 0.2) is 47.5 Å². The van der Waals surface area contributed by atoms with Crippen LogP contribution in [0, 0.1) is 0 Å². The Hall–Kier alpha value is -3.24. The number of halogens is 5. The van der Waals surface area contributed by atoms with Crippen LogP contribution in [-0.4, -0.2) is 39.5 Å². The molecule has 0 aliphatic rings. The van der Waals surface area contributed by atoms with E-state index >= 15 is 0 Å². The largest absolute Gasteiger partial charge is 0.493 e. The summed E-state index contributed by atoms with van der Waals surface area (Å²) >= 11 is 0. The highest BCUT2D eigenvalue weighted by molar-refractivity contribution is 5.79. The lowest BCUT2D eigenvalue weighted by molar-refractivity contribution is -0.153. The van der Waals surface area contributed by atoms with Crippen molar-refractivity contribution in [2.24, 2.45) is 4.99 Å². The monoisotopic (exact) mass is 447 g/mol. The van der Waals surface area contributed by atoms with Gasteiger partial charge in [-0.3, -0.25) is 4.99 Å². The maximum Gasteiger partial charge on any atom is 0.422 e. The van der Waals surface area contributed by atoms with Crippen molar-refractivity contribution in [2.45, 2.75) is 25.9 Å². The SMILES string of the molecule is CN=C(NCc1ccc(OCC(F)(F)F)cc1)NCc1ccc(OC)c(OC(F)F)c1. The molecule has 0 saturated carbocycles. The van der Waals surface area contributed by atoms with Crippen LogP contribution in [-0.2, 0) is 13.1 Å². The molecule has 2 N–H and O–H groups in total. The van der Waals surface area contributed by atoms with Gasteiger partial charge in [0, 0.05) is 20.1 Å².